The normalized spacial score (nSPS) is 14.7. The highest BCUT2D eigenvalue weighted by molar-refractivity contribution is 9.10. The van der Waals surface area contributed by atoms with Crippen molar-refractivity contribution in [1.82, 2.24) is 4.98 Å². The molecule has 1 fully saturated rings. The lowest BCUT2D eigenvalue weighted by Crippen LogP contribution is -2.22. The van der Waals surface area contributed by atoms with Crippen LogP contribution in [-0.4, -0.2) is 15.9 Å². The SMILES string of the molecule is O=[N+]([O-])c1ccc(NC2CCCCC2)cc1C(F)(F)F.O=c1cccc(Br)[nH]1. The van der Waals surface area contributed by atoms with Crippen molar-refractivity contribution in [3.63, 3.8) is 0 Å². The maximum absolute atomic E-state index is 12.8. The van der Waals surface area contributed by atoms with Gasteiger partial charge in [0.15, 0.2) is 0 Å². The summed E-state index contributed by atoms with van der Waals surface area (Å²) < 4.78 is 39.2. The van der Waals surface area contributed by atoms with E-state index in [1.54, 1.807) is 12.1 Å². The van der Waals surface area contributed by atoms with E-state index in [0.717, 1.165) is 44.2 Å². The quantitative estimate of drug-likeness (QED) is 0.359. The first-order chi connectivity index (χ1) is 13.2. The van der Waals surface area contributed by atoms with Crippen LogP contribution >= 0.6 is 15.9 Å². The fourth-order valence-electron chi connectivity index (χ4n) is 2.92. The Morgan fingerprint density at radius 2 is 1.82 bits per heavy atom. The van der Waals surface area contributed by atoms with Crippen LogP contribution < -0.4 is 10.9 Å². The number of hydrogen-bond donors (Lipinski definition) is 2. The Morgan fingerprint density at radius 1 is 1.14 bits per heavy atom. The lowest BCUT2D eigenvalue weighted by molar-refractivity contribution is -0.388. The summed E-state index contributed by atoms with van der Waals surface area (Å²) in [6.45, 7) is 0. The van der Waals surface area contributed by atoms with E-state index in [4.69, 9.17) is 0 Å². The highest BCUT2D eigenvalue weighted by Gasteiger charge is 2.38. The van der Waals surface area contributed by atoms with E-state index >= 15 is 0 Å². The number of rotatable bonds is 3. The first-order valence-corrected chi connectivity index (χ1v) is 9.43. The average Bonchev–Trinajstić information content (AvgIpc) is 2.62. The van der Waals surface area contributed by atoms with Crippen LogP contribution in [0.15, 0.2) is 45.8 Å². The first-order valence-electron chi connectivity index (χ1n) is 8.64. The zero-order valence-corrected chi connectivity index (χ0v) is 16.3. The van der Waals surface area contributed by atoms with Gasteiger partial charge in [-0.3, -0.25) is 14.9 Å². The van der Waals surface area contributed by atoms with Gasteiger partial charge in [-0.05, 0) is 47.0 Å². The minimum Gasteiger partial charge on any atom is -0.382 e. The van der Waals surface area contributed by atoms with Crippen LogP contribution in [0.5, 0.6) is 0 Å². The van der Waals surface area contributed by atoms with Crippen LogP contribution in [-0.2, 0) is 6.18 Å². The standard InChI is InChI=1S/C13H15F3N2O2.C5H4BrNO/c14-13(15,16)11-8-10(6-7-12(11)18(19)20)17-9-4-2-1-3-5-9;6-4-2-1-3-5(8)7-4/h6-9,17H,1-5H2;1-3H,(H,7,8). The summed E-state index contributed by atoms with van der Waals surface area (Å²) in [5.74, 6) is 0. The topological polar surface area (TPSA) is 88.0 Å². The summed E-state index contributed by atoms with van der Waals surface area (Å²) in [7, 11) is 0. The summed E-state index contributed by atoms with van der Waals surface area (Å²) >= 11 is 3.11. The number of alkyl halides is 3. The Labute approximate surface area is 167 Å². The Balaban J connectivity index is 0.000000292. The van der Waals surface area contributed by atoms with Crippen molar-refractivity contribution in [2.45, 2.75) is 44.3 Å². The molecule has 3 rings (SSSR count). The minimum absolute atomic E-state index is 0.0839. The van der Waals surface area contributed by atoms with E-state index in [-0.39, 0.29) is 17.3 Å². The molecule has 152 valence electrons. The van der Waals surface area contributed by atoms with Gasteiger partial charge in [-0.15, -0.1) is 0 Å². The molecule has 1 aromatic carbocycles. The van der Waals surface area contributed by atoms with Gasteiger partial charge in [0.05, 0.1) is 9.53 Å². The summed E-state index contributed by atoms with van der Waals surface area (Å²) in [5.41, 5.74) is -1.91. The Morgan fingerprint density at radius 3 is 2.32 bits per heavy atom. The van der Waals surface area contributed by atoms with Crippen LogP contribution in [0, 0.1) is 10.1 Å². The summed E-state index contributed by atoms with van der Waals surface area (Å²) in [6.07, 6.45) is 0.350. The van der Waals surface area contributed by atoms with Crippen molar-refractivity contribution in [1.29, 1.82) is 0 Å². The molecule has 1 aromatic heterocycles. The minimum atomic E-state index is -4.73. The Kier molecular flexibility index (Phi) is 7.61. The van der Waals surface area contributed by atoms with E-state index in [1.165, 1.54) is 12.1 Å². The number of nitro groups is 1. The van der Waals surface area contributed by atoms with Gasteiger partial charge in [0.1, 0.15) is 5.56 Å². The van der Waals surface area contributed by atoms with E-state index in [9.17, 15) is 28.1 Å². The van der Waals surface area contributed by atoms with Crippen molar-refractivity contribution >= 4 is 27.3 Å². The largest absolute Gasteiger partial charge is 0.423 e. The first kappa shape index (κ1) is 21.9. The third kappa shape index (κ3) is 6.66. The lowest BCUT2D eigenvalue weighted by Gasteiger charge is -2.24. The number of halogens is 4. The van der Waals surface area contributed by atoms with E-state index in [1.807, 2.05) is 0 Å². The van der Waals surface area contributed by atoms with Crippen LogP contribution in [0.1, 0.15) is 37.7 Å². The second kappa shape index (κ2) is 9.72. The fraction of sp³-hybridized carbons (Fsp3) is 0.389. The fourth-order valence-corrected chi connectivity index (χ4v) is 3.26. The molecule has 0 saturated heterocycles. The van der Waals surface area contributed by atoms with Gasteiger partial charge in [0.25, 0.3) is 5.69 Å². The van der Waals surface area contributed by atoms with Crippen LogP contribution in [0.2, 0.25) is 0 Å². The molecule has 1 heterocycles. The molecular weight excluding hydrogens is 443 g/mol. The number of nitrogens with zero attached hydrogens (tertiary/aromatic N) is 1. The molecule has 28 heavy (non-hydrogen) atoms. The Hall–Kier alpha value is -2.36. The number of nitro benzene ring substituents is 1. The van der Waals surface area contributed by atoms with Gasteiger partial charge < -0.3 is 10.3 Å². The van der Waals surface area contributed by atoms with Gasteiger partial charge in [-0.25, -0.2) is 0 Å². The highest BCUT2D eigenvalue weighted by atomic mass is 79.9. The van der Waals surface area contributed by atoms with Crippen molar-refractivity contribution in [3.8, 4) is 0 Å². The third-order valence-corrected chi connectivity index (χ3v) is 4.67. The number of H-pyrrole nitrogens is 1. The number of hydrogen-bond acceptors (Lipinski definition) is 4. The molecular formula is C18H19BrF3N3O3. The van der Waals surface area contributed by atoms with Crippen molar-refractivity contribution < 1.29 is 18.1 Å². The number of aromatic nitrogens is 1. The van der Waals surface area contributed by atoms with Gasteiger partial charge in [-0.1, -0.05) is 25.3 Å². The molecule has 0 unspecified atom stereocenters. The number of nitrogens with one attached hydrogen (secondary N) is 2. The van der Waals surface area contributed by atoms with Crippen LogP contribution in [0.3, 0.4) is 0 Å². The van der Waals surface area contributed by atoms with Gasteiger partial charge in [0.2, 0.25) is 5.56 Å². The second-order valence-electron chi connectivity index (χ2n) is 6.33. The molecule has 0 atom stereocenters. The van der Waals surface area contributed by atoms with E-state index < -0.39 is 22.4 Å². The predicted octanol–water partition coefficient (Wildman–Crippen LogP) is 5.50. The second-order valence-corrected chi connectivity index (χ2v) is 7.18. The number of aromatic amines is 1. The Bertz CT molecular complexity index is 865. The van der Waals surface area contributed by atoms with E-state index in [0.29, 0.717) is 4.60 Å². The van der Waals surface area contributed by atoms with Gasteiger partial charge in [-0.2, -0.15) is 13.2 Å². The molecule has 1 saturated carbocycles. The van der Waals surface area contributed by atoms with E-state index in [2.05, 4.69) is 26.2 Å². The molecule has 2 N–H and O–H groups in total. The molecule has 2 aromatic rings. The molecule has 6 nitrogen and oxygen atoms in total. The number of pyridine rings is 1. The number of benzene rings is 1. The van der Waals surface area contributed by atoms with Crippen LogP contribution in [0.25, 0.3) is 0 Å². The zero-order valence-electron chi connectivity index (χ0n) is 14.8. The lowest BCUT2D eigenvalue weighted by atomic mass is 9.95. The summed E-state index contributed by atoms with van der Waals surface area (Å²) in [5, 5.41) is 13.7. The predicted molar refractivity (Wildman–Crippen MR) is 103 cm³/mol. The molecule has 0 amide bonds. The van der Waals surface area contributed by atoms with Crippen LogP contribution in [0.4, 0.5) is 24.5 Å². The molecule has 1 aliphatic carbocycles. The zero-order chi connectivity index (χ0) is 20.7. The summed E-state index contributed by atoms with van der Waals surface area (Å²) in [6, 6.07) is 8.13. The molecule has 10 heteroatoms. The highest BCUT2D eigenvalue weighted by Crippen LogP contribution is 2.38. The molecule has 0 aliphatic heterocycles. The third-order valence-electron chi connectivity index (χ3n) is 4.21. The molecule has 0 radical (unpaired) electrons. The van der Waals surface area contributed by atoms with Gasteiger partial charge in [0, 0.05) is 23.9 Å². The van der Waals surface area contributed by atoms with Crippen molar-refractivity contribution in [3.05, 3.63) is 67.0 Å². The molecule has 0 spiro atoms. The van der Waals surface area contributed by atoms with Crippen molar-refractivity contribution in [2.75, 3.05) is 5.32 Å². The smallest absolute Gasteiger partial charge is 0.382 e. The average molecular weight is 462 g/mol. The maximum Gasteiger partial charge on any atom is 0.423 e. The van der Waals surface area contributed by atoms with Gasteiger partial charge >= 0.3 is 6.18 Å². The number of anilines is 1. The van der Waals surface area contributed by atoms with Crippen molar-refractivity contribution in [2.24, 2.45) is 0 Å². The molecule has 0 bridgehead atoms. The maximum atomic E-state index is 12.8. The summed E-state index contributed by atoms with van der Waals surface area (Å²) in [4.78, 5) is 22.6. The molecule has 1 aliphatic rings. The monoisotopic (exact) mass is 461 g/mol.